The average Bonchev–Trinajstić information content (AvgIpc) is 3.11. The van der Waals surface area contributed by atoms with Crippen molar-refractivity contribution >= 4 is 23.1 Å². The fourth-order valence-corrected chi connectivity index (χ4v) is 3.31. The minimum Gasteiger partial charge on any atom is -0.497 e. The predicted octanol–water partition coefficient (Wildman–Crippen LogP) is 4.49. The lowest BCUT2D eigenvalue weighted by molar-refractivity contribution is 0.252. The van der Waals surface area contributed by atoms with E-state index in [1.807, 2.05) is 60.8 Å². The summed E-state index contributed by atoms with van der Waals surface area (Å²) < 4.78 is 5.17. The number of carbonyl (C=O) groups is 1. The van der Waals surface area contributed by atoms with Gasteiger partial charge >= 0.3 is 6.03 Å². The zero-order valence-corrected chi connectivity index (χ0v) is 15.6. The SMILES string of the molecule is COc1ccc(-c2csc(CCNC(=O)Nc3cccc(C)c3)n2)cc1. The summed E-state index contributed by atoms with van der Waals surface area (Å²) in [5.41, 5.74) is 3.89. The van der Waals surface area contributed by atoms with Gasteiger partial charge in [0, 0.05) is 29.6 Å². The molecule has 0 atom stereocenters. The number of carbonyl (C=O) groups excluding carboxylic acids is 1. The highest BCUT2D eigenvalue weighted by atomic mass is 32.1. The topological polar surface area (TPSA) is 63.2 Å². The van der Waals surface area contributed by atoms with E-state index in [4.69, 9.17) is 4.74 Å². The Balaban J connectivity index is 1.49. The van der Waals surface area contributed by atoms with Gasteiger partial charge < -0.3 is 15.4 Å². The van der Waals surface area contributed by atoms with Gasteiger partial charge in [0.05, 0.1) is 17.8 Å². The summed E-state index contributed by atoms with van der Waals surface area (Å²) in [7, 11) is 1.65. The molecule has 0 aliphatic carbocycles. The molecule has 1 heterocycles. The van der Waals surface area contributed by atoms with E-state index in [-0.39, 0.29) is 6.03 Å². The third-order valence-corrected chi connectivity index (χ3v) is 4.75. The number of methoxy groups -OCH3 is 1. The molecule has 2 aromatic carbocycles. The number of rotatable bonds is 6. The maximum Gasteiger partial charge on any atom is 0.319 e. The van der Waals surface area contributed by atoms with Gasteiger partial charge in [-0.25, -0.2) is 9.78 Å². The van der Waals surface area contributed by atoms with Crippen LogP contribution in [0.15, 0.2) is 53.9 Å². The highest BCUT2D eigenvalue weighted by molar-refractivity contribution is 7.09. The first-order chi connectivity index (χ1) is 12.6. The Morgan fingerprint density at radius 3 is 2.73 bits per heavy atom. The summed E-state index contributed by atoms with van der Waals surface area (Å²) in [5.74, 6) is 0.827. The molecular formula is C20H21N3O2S. The first-order valence-corrected chi connectivity index (χ1v) is 9.22. The maximum absolute atomic E-state index is 11.9. The molecule has 6 heteroatoms. The van der Waals surface area contributed by atoms with E-state index in [0.717, 1.165) is 33.3 Å². The number of nitrogens with zero attached hydrogens (tertiary/aromatic N) is 1. The molecule has 0 radical (unpaired) electrons. The van der Waals surface area contributed by atoms with Gasteiger partial charge in [-0.1, -0.05) is 12.1 Å². The lowest BCUT2D eigenvalue weighted by Crippen LogP contribution is -2.30. The molecule has 0 saturated carbocycles. The summed E-state index contributed by atoms with van der Waals surface area (Å²) in [6.45, 7) is 2.53. The van der Waals surface area contributed by atoms with Crippen molar-refractivity contribution < 1.29 is 9.53 Å². The summed E-state index contributed by atoms with van der Waals surface area (Å²) in [4.78, 5) is 16.6. The maximum atomic E-state index is 11.9. The number of hydrogen-bond donors (Lipinski definition) is 2. The average molecular weight is 367 g/mol. The van der Waals surface area contributed by atoms with Gasteiger partial charge in [0.1, 0.15) is 5.75 Å². The third kappa shape index (κ3) is 4.83. The first-order valence-electron chi connectivity index (χ1n) is 8.34. The number of aromatic nitrogens is 1. The Morgan fingerprint density at radius 2 is 2.00 bits per heavy atom. The number of urea groups is 1. The molecule has 134 valence electrons. The molecule has 3 aromatic rings. The second-order valence-corrected chi connectivity index (χ2v) is 6.80. The largest absolute Gasteiger partial charge is 0.497 e. The van der Waals surface area contributed by atoms with Gasteiger partial charge in [0.2, 0.25) is 0 Å². The lowest BCUT2D eigenvalue weighted by atomic mass is 10.2. The number of benzene rings is 2. The number of aryl methyl sites for hydroxylation is 1. The number of nitrogens with one attached hydrogen (secondary N) is 2. The van der Waals surface area contributed by atoms with Crippen LogP contribution in [0.4, 0.5) is 10.5 Å². The van der Waals surface area contributed by atoms with E-state index in [9.17, 15) is 4.79 Å². The van der Waals surface area contributed by atoms with Gasteiger partial charge in [0.15, 0.2) is 0 Å². The van der Waals surface area contributed by atoms with Crippen molar-refractivity contribution in [3.05, 3.63) is 64.5 Å². The van der Waals surface area contributed by atoms with Crippen molar-refractivity contribution in [3.8, 4) is 17.0 Å². The van der Waals surface area contributed by atoms with Gasteiger partial charge in [-0.2, -0.15) is 0 Å². The molecule has 0 aliphatic heterocycles. The number of ether oxygens (including phenoxy) is 1. The van der Waals surface area contributed by atoms with Crippen LogP contribution in [0.25, 0.3) is 11.3 Å². The number of hydrogen-bond acceptors (Lipinski definition) is 4. The predicted molar refractivity (Wildman–Crippen MR) is 106 cm³/mol. The van der Waals surface area contributed by atoms with Gasteiger partial charge in [-0.3, -0.25) is 0 Å². The Bertz CT molecular complexity index is 875. The Kier molecular flexibility index (Phi) is 5.86. The minimum absolute atomic E-state index is 0.206. The van der Waals surface area contributed by atoms with Crippen LogP contribution >= 0.6 is 11.3 Å². The molecule has 2 N–H and O–H groups in total. The molecule has 3 rings (SSSR count). The van der Waals surface area contributed by atoms with Crippen LogP contribution < -0.4 is 15.4 Å². The summed E-state index contributed by atoms with van der Waals surface area (Å²) in [6, 6.07) is 15.3. The second kappa shape index (κ2) is 8.49. The van der Waals surface area contributed by atoms with Crippen LogP contribution in [0, 0.1) is 6.92 Å². The van der Waals surface area contributed by atoms with Crippen molar-refractivity contribution in [1.29, 1.82) is 0 Å². The Morgan fingerprint density at radius 1 is 1.19 bits per heavy atom. The highest BCUT2D eigenvalue weighted by Gasteiger charge is 2.06. The first kappa shape index (κ1) is 17.9. The van der Waals surface area contributed by atoms with Gasteiger partial charge in [-0.15, -0.1) is 11.3 Å². The van der Waals surface area contributed by atoms with Gasteiger partial charge in [-0.05, 0) is 48.9 Å². The molecule has 2 amide bonds. The van der Waals surface area contributed by atoms with E-state index in [2.05, 4.69) is 15.6 Å². The molecule has 0 fully saturated rings. The lowest BCUT2D eigenvalue weighted by Gasteiger charge is -2.07. The van der Waals surface area contributed by atoms with Crippen molar-refractivity contribution in [3.63, 3.8) is 0 Å². The number of anilines is 1. The molecule has 5 nitrogen and oxygen atoms in total. The fraction of sp³-hybridized carbons (Fsp3) is 0.200. The van der Waals surface area contributed by atoms with Crippen molar-refractivity contribution in [2.45, 2.75) is 13.3 Å². The molecule has 0 spiro atoms. The standard InChI is InChI=1S/C20H21N3O2S/c1-14-4-3-5-16(12-14)22-20(24)21-11-10-19-23-18(13-26-19)15-6-8-17(25-2)9-7-15/h3-9,12-13H,10-11H2,1-2H3,(H2,21,22,24). The van der Waals surface area contributed by atoms with Gasteiger partial charge in [0.25, 0.3) is 0 Å². The third-order valence-electron chi connectivity index (χ3n) is 3.84. The molecule has 0 unspecified atom stereocenters. The van der Waals surface area contributed by atoms with Crippen LogP contribution in [-0.2, 0) is 6.42 Å². The molecular weight excluding hydrogens is 346 g/mol. The second-order valence-electron chi connectivity index (χ2n) is 5.86. The fourth-order valence-electron chi connectivity index (χ4n) is 2.50. The quantitative estimate of drug-likeness (QED) is 0.675. The summed E-state index contributed by atoms with van der Waals surface area (Å²) >= 11 is 1.60. The number of amides is 2. The van der Waals surface area contributed by atoms with Crippen LogP contribution in [-0.4, -0.2) is 24.7 Å². The molecule has 0 bridgehead atoms. The normalized spacial score (nSPS) is 10.4. The van der Waals surface area contributed by atoms with Crippen LogP contribution in [0.2, 0.25) is 0 Å². The van der Waals surface area contributed by atoms with E-state index in [0.29, 0.717) is 13.0 Å². The Hall–Kier alpha value is -2.86. The van der Waals surface area contributed by atoms with E-state index >= 15 is 0 Å². The van der Waals surface area contributed by atoms with E-state index in [1.165, 1.54) is 0 Å². The van der Waals surface area contributed by atoms with Crippen LogP contribution in [0.5, 0.6) is 5.75 Å². The molecule has 26 heavy (non-hydrogen) atoms. The van der Waals surface area contributed by atoms with Crippen LogP contribution in [0.3, 0.4) is 0 Å². The summed E-state index contributed by atoms with van der Waals surface area (Å²) in [5, 5.41) is 8.72. The minimum atomic E-state index is -0.206. The smallest absolute Gasteiger partial charge is 0.319 e. The van der Waals surface area contributed by atoms with Crippen LogP contribution in [0.1, 0.15) is 10.6 Å². The zero-order chi connectivity index (χ0) is 18.4. The monoisotopic (exact) mass is 367 g/mol. The van der Waals surface area contributed by atoms with E-state index in [1.54, 1.807) is 18.4 Å². The summed E-state index contributed by atoms with van der Waals surface area (Å²) in [6.07, 6.45) is 0.696. The van der Waals surface area contributed by atoms with Crippen molar-refractivity contribution in [1.82, 2.24) is 10.3 Å². The highest BCUT2D eigenvalue weighted by Crippen LogP contribution is 2.24. The zero-order valence-electron chi connectivity index (χ0n) is 14.8. The molecule has 0 aliphatic rings. The number of thiazole rings is 1. The molecule has 0 saturated heterocycles. The van der Waals surface area contributed by atoms with Crippen molar-refractivity contribution in [2.24, 2.45) is 0 Å². The van der Waals surface area contributed by atoms with E-state index < -0.39 is 0 Å². The van der Waals surface area contributed by atoms with Crippen molar-refractivity contribution in [2.75, 3.05) is 19.0 Å². The Labute approximate surface area is 157 Å². The molecule has 1 aromatic heterocycles.